The van der Waals surface area contributed by atoms with E-state index >= 15 is 0 Å². The standard InChI is InChI=1S/C17H24N4O4/c1-12(2)25-14-7-5-13(6-8-14)9-10-18-15(22)4-3-11-21-16(23)19-20-17(21)24/h5-8,12H,3-4,9-11H2,1-2H3,(H,18,22)(H,19,23)(H,20,24). The van der Waals surface area contributed by atoms with Crippen molar-refractivity contribution in [3.8, 4) is 5.75 Å². The summed E-state index contributed by atoms with van der Waals surface area (Å²) in [5.41, 5.74) is 0.132. The summed E-state index contributed by atoms with van der Waals surface area (Å²) in [6.45, 7) is 4.70. The van der Waals surface area contributed by atoms with Crippen LogP contribution in [0.5, 0.6) is 5.75 Å². The predicted octanol–water partition coefficient (Wildman–Crippen LogP) is 0.791. The molecule has 0 saturated heterocycles. The summed E-state index contributed by atoms with van der Waals surface area (Å²) in [6, 6.07) is 7.80. The summed E-state index contributed by atoms with van der Waals surface area (Å²) in [6.07, 6.45) is 1.55. The van der Waals surface area contributed by atoms with Gasteiger partial charge < -0.3 is 10.1 Å². The maximum atomic E-state index is 11.8. The number of aromatic amines is 2. The monoisotopic (exact) mass is 348 g/mol. The molecule has 1 aromatic heterocycles. The third-order valence-corrected chi connectivity index (χ3v) is 3.58. The molecule has 0 fully saturated rings. The van der Waals surface area contributed by atoms with Crippen LogP contribution in [0.15, 0.2) is 33.9 Å². The molecular weight excluding hydrogens is 324 g/mol. The minimum absolute atomic E-state index is 0.0974. The molecule has 0 saturated carbocycles. The van der Waals surface area contributed by atoms with Gasteiger partial charge in [0.25, 0.3) is 0 Å². The first-order valence-electron chi connectivity index (χ1n) is 8.35. The summed E-state index contributed by atoms with van der Waals surface area (Å²) in [4.78, 5) is 34.4. The highest BCUT2D eigenvalue weighted by molar-refractivity contribution is 5.75. The molecule has 1 amide bonds. The average Bonchev–Trinajstić information content (AvgIpc) is 2.88. The van der Waals surface area contributed by atoms with Crippen molar-refractivity contribution in [2.24, 2.45) is 0 Å². The zero-order chi connectivity index (χ0) is 18.2. The van der Waals surface area contributed by atoms with Crippen LogP contribution < -0.4 is 21.4 Å². The van der Waals surface area contributed by atoms with Gasteiger partial charge in [0.2, 0.25) is 5.91 Å². The highest BCUT2D eigenvalue weighted by Gasteiger charge is 2.05. The van der Waals surface area contributed by atoms with Crippen molar-refractivity contribution in [1.82, 2.24) is 20.1 Å². The topological polar surface area (TPSA) is 109 Å². The van der Waals surface area contributed by atoms with Crippen LogP contribution >= 0.6 is 0 Å². The number of nitrogens with one attached hydrogen (secondary N) is 3. The van der Waals surface area contributed by atoms with Gasteiger partial charge in [0.15, 0.2) is 0 Å². The molecule has 0 aliphatic rings. The summed E-state index contributed by atoms with van der Waals surface area (Å²) in [5.74, 6) is 0.734. The fourth-order valence-corrected chi connectivity index (χ4v) is 2.38. The first-order chi connectivity index (χ1) is 12.0. The number of carbonyl (C=O) groups excluding carboxylic acids is 1. The van der Waals surface area contributed by atoms with Crippen LogP contribution in [0.25, 0.3) is 0 Å². The quantitative estimate of drug-likeness (QED) is 0.622. The number of hydrogen-bond donors (Lipinski definition) is 3. The molecule has 136 valence electrons. The highest BCUT2D eigenvalue weighted by atomic mass is 16.5. The van der Waals surface area contributed by atoms with Crippen molar-refractivity contribution in [2.45, 2.75) is 45.8 Å². The molecule has 0 spiro atoms. The molecular formula is C17H24N4O4. The highest BCUT2D eigenvalue weighted by Crippen LogP contribution is 2.13. The molecule has 0 atom stereocenters. The molecule has 3 N–H and O–H groups in total. The predicted molar refractivity (Wildman–Crippen MR) is 93.8 cm³/mol. The molecule has 2 rings (SSSR count). The van der Waals surface area contributed by atoms with Gasteiger partial charge in [-0.1, -0.05) is 12.1 Å². The Morgan fingerprint density at radius 3 is 2.40 bits per heavy atom. The molecule has 0 unspecified atom stereocenters. The lowest BCUT2D eigenvalue weighted by molar-refractivity contribution is -0.121. The van der Waals surface area contributed by atoms with Crippen molar-refractivity contribution in [3.63, 3.8) is 0 Å². The van der Waals surface area contributed by atoms with E-state index in [9.17, 15) is 14.4 Å². The molecule has 2 aromatic rings. The van der Waals surface area contributed by atoms with Crippen LogP contribution in [0, 0.1) is 0 Å². The zero-order valence-electron chi connectivity index (χ0n) is 14.5. The van der Waals surface area contributed by atoms with Crippen molar-refractivity contribution in [1.29, 1.82) is 0 Å². The summed E-state index contributed by atoms with van der Waals surface area (Å²) < 4.78 is 6.62. The van der Waals surface area contributed by atoms with Gasteiger partial charge in [0.05, 0.1) is 6.10 Å². The lowest BCUT2D eigenvalue weighted by atomic mass is 10.1. The number of aromatic nitrogens is 3. The Bertz CT molecular complexity index is 758. The van der Waals surface area contributed by atoms with Crippen LogP contribution in [-0.4, -0.2) is 33.3 Å². The Morgan fingerprint density at radius 2 is 1.80 bits per heavy atom. The molecule has 25 heavy (non-hydrogen) atoms. The smallest absolute Gasteiger partial charge is 0.344 e. The third-order valence-electron chi connectivity index (χ3n) is 3.58. The maximum absolute atomic E-state index is 11.8. The molecule has 0 radical (unpaired) electrons. The molecule has 1 aromatic carbocycles. The Balaban J connectivity index is 1.66. The van der Waals surface area contributed by atoms with Gasteiger partial charge in [0.1, 0.15) is 5.75 Å². The largest absolute Gasteiger partial charge is 0.491 e. The van der Waals surface area contributed by atoms with Crippen LogP contribution in [0.3, 0.4) is 0 Å². The van der Waals surface area contributed by atoms with Gasteiger partial charge in [-0.2, -0.15) is 0 Å². The fraction of sp³-hybridized carbons (Fsp3) is 0.471. The third kappa shape index (κ3) is 5.98. The summed E-state index contributed by atoms with van der Waals surface area (Å²) in [5, 5.41) is 7.24. The minimum Gasteiger partial charge on any atom is -0.491 e. The number of rotatable bonds is 9. The zero-order valence-corrected chi connectivity index (χ0v) is 14.5. The van der Waals surface area contributed by atoms with E-state index in [1.165, 1.54) is 0 Å². The minimum atomic E-state index is -0.490. The van der Waals surface area contributed by atoms with Crippen molar-refractivity contribution >= 4 is 5.91 Å². The number of amides is 1. The number of hydrogen-bond acceptors (Lipinski definition) is 4. The lowest BCUT2D eigenvalue weighted by Crippen LogP contribution is -2.29. The molecule has 0 aliphatic carbocycles. The molecule has 0 aliphatic heterocycles. The summed E-state index contributed by atoms with van der Waals surface area (Å²) >= 11 is 0. The van der Waals surface area contributed by atoms with Crippen LogP contribution in [-0.2, 0) is 17.8 Å². The van der Waals surface area contributed by atoms with E-state index in [4.69, 9.17) is 4.74 Å². The normalized spacial score (nSPS) is 10.8. The first-order valence-corrected chi connectivity index (χ1v) is 8.35. The Hall–Kier alpha value is -2.77. The van der Waals surface area contributed by atoms with E-state index in [2.05, 4.69) is 15.5 Å². The van der Waals surface area contributed by atoms with Crippen LogP contribution in [0.2, 0.25) is 0 Å². The number of ether oxygens (including phenoxy) is 1. The van der Waals surface area contributed by atoms with Crippen molar-refractivity contribution < 1.29 is 9.53 Å². The summed E-state index contributed by atoms with van der Waals surface area (Å²) in [7, 11) is 0. The second kappa shape index (κ2) is 8.91. The van der Waals surface area contributed by atoms with E-state index in [0.29, 0.717) is 13.0 Å². The Morgan fingerprint density at radius 1 is 1.16 bits per heavy atom. The maximum Gasteiger partial charge on any atom is 0.344 e. The molecule has 8 nitrogen and oxygen atoms in total. The Kier molecular flexibility index (Phi) is 6.62. The van der Waals surface area contributed by atoms with E-state index < -0.39 is 11.4 Å². The first kappa shape index (κ1) is 18.6. The van der Waals surface area contributed by atoms with Gasteiger partial charge in [-0.05, 0) is 44.4 Å². The lowest BCUT2D eigenvalue weighted by Gasteiger charge is -2.10. The molecule has 1 heterocycles. The van der Waals surface area contributed by atoms with Gasteiger partial charge >= 0.3 is 11.4 Å². The van der Waals surface area contributed by atoms with Gasteiger partial charge in [-0.15, -0.1) is 0 Å². The van der Waals surface area contributed by atoms with Crippen molar-refractivity contribution in [3.05, 3.63) is 50.8 Å². The van der Waals surface area contributed by atoms with E-state index in [1.54, 1.807) is 0 Å². The number of nitrogens with zero attached hydrogens (tertiary/aromatic N) is 1. The van der Waals surface area contributed by atoms with Crippen molar-refractivity contribution in [2.75, 3.05) is 6.54 Å². The van der Waals surface area contributed by atoms with Crippen LogP contribution in [0.4, 0.5) is 0 Å². The SMILES string of the molecule is CC(C)Oc1ccc(CCNC(=O)CCCn2c(=O)[nH][nH]c2=O)cc1. The van der Waals surface area contributed by atoms with Gasteiger partial charge in [-0.3, -0.25) is 4.79 Å². The second-order valence-electron chi connectivity index (χ2n) is 6.03. The van der Waals surface area contributed by atoms with E-state index in [1.807, 2.05) is 38.1 Å². The second-order valence-corrected chi connectivity index (χ2v) is 6.03. The Labute approximate surface area is 145 Å². The fourth-order valence-electron chi connectivity index (χ4n) is 2.38. The number of carbonyl (C=O) groups is 1. The van der Waals surface area contributed by atoms with E-state index in [0.717, 1.165) is 22.3 Å². The molecule has 0 bridgehead atoms. The van der Waals surface area contributed by atoms with Gasteiger partial charge in [0, 0.05) is 19.5 Å². The van der Waals surface area contributed by atoms with Crippen LogP contribution in [0.1, 0.15) is 32.3 Å². The number of benzene rings is 1. The molecule has 8 heteroatoms. The number of H-pyrrole nitrogens is 2. The average molecular weight is 348 g/mol. The van der Waals surface area contributed by atoms with E-state index in [-0.39, 0.29) is 25.0 Å². The van der Waals surface area contributed by atoms with Gasteiger partial charge in [-0.25, -0.2) is 24.4 Å².